The highest BCUT2D eigenvalue weighted by atomic mass is 16.5. The Kier molecular flexibility index (Phi) is 3.10. The van der Waals surface area contributed by atoms with Gasteiger partial charge in [-0.15, -0.1) is 0 Å². The molecule has 0 saturated heterocycles. The van der Waals surface area contributed by atoms with Crippen LogP contribution in [0.5, 0.6) is 5.75 Å². The largest absolute Gasteiger partial charge is 0.497 e. The summed E-state index contributed by atoms with van der Waals surface area (Å²) in [5.41, 5.74) is 6.34. The van der Waals surface area contributed by atoms with Gasteiger partial charge < -0.3 is 10.5 Å². The number of nitriles is 1. The number of nitrogens with zero attached hydrogens (tertiary/aromatic N) is 1. The van der Waals surface area contributed by atoms with Crippen LogP contribution >= 0.6 is 0 Å². The molecule has 0 aliphatic heterocycles. The molecule has 0 aliphatic carbocycles. The number of ether oxygens (including phenoxy) is 1. The minimum Gasteiger partial charge on any atom is -0.497 e. The molecule has 3 nitrogen and oxygen atoms in total. The van der Waals surface area contributed by atoms with Crippen LogP contribution in [0.4, 0.5) is 0 Å². The molecule has 1 atom stereocenters. The van der Waals surface area contributed by atoms with Crippen molar-refractivity contribution in [2.24, 2.45) is 5.73 Å². The van der Waals surface area contributed by atoms with E-state index in [0.29, 0.717) is 6.42 Å². The quantitative estimate of drug-likeness (QED) is 0.790. The molecule has 1 aromatic rings. The van der Waals surface area contributed by atoms with E-state index in [4.69, 9.17) is 15.7 Å². The summed E-state index contributed by atoms with van der Waals surface area (Å²) >= 11 is 0. The minimum absolute atomic E-state index is 0.305. The summed E-state index contributed by atoms with van der Waals surface area (Å²) in [6, 6.07) is 9.54. The predicted octanol–water partition coefficient (Wildman–Crippen LogP) is 1.78. The molecule has 2 N–H and O–H groups in total. The van der Waals surface area contributed by atoms with E-state index in [9.17, 15) is 0 Å². The zero-order chi connectivity index (χ0) is 10.6. The molecule has 14 heavy (non-hydrogen) atoms. The SMILES string of the molecule is COc1ccc([C@](C)(N)CC#N)cc1. The molecule has 0 heterocycles. The van der Waals surface area contributed by atoms with Crippen LogP contribution in [-0.2, 0) is 5.54 Å². The van der Waals surface area contributed by atoms with E-state index >= 15 is 0 Å². The van der Waals surface area contributed by atoms with Crippen LogP contribution in [0, 0.1) is 11.3 Å². The Bertz CT molecular complexity index is 335. The number of benzene rings is 1. The molecule has 0 unspecified atom stereocenters. The molecule has 1 aromatic carbocycles. The van der Waals surface area contributed by atoms with Crippen molar-refractivity contribution in [3.05, 3.63) is 29.8 Å². The lowest BCUT2D eigenvalue weighted by Gasteiger charge is -2.21. The Morgan fingerprint density at radius 2 is 2.00 bits per heavy atom. The maximum absolute atomic E-state index is 8.61. The van der Waals surface area contributed by atoms with E-state index < -0.39 is 5.54 Å². The van der Waals surface area contributed by atoms with Gasteiger partial charge in [0, 0.05) is 0 Å². The molecule has 0 bridgehead atoms. The van der Waals surface area contributed by atoms with Gasteiger partial charge in [0.25, 0.3) is 0 Å². The van der Waals surface area contributed by atoms with Crippen molar-refractivity contribution >= 4 is 0 Å². The molecule has 0 saturated carbocycles. The maximum atomic E-state index is 8.61. The van der Waals surface area contributed by atoms with Crippen LogP contribution in [-0.4, -0.2) is 7.11 Å². The van der Waals surface area contributed by atoms with Crippen LogP contribution in [0.2, 0.25) is 0 Å². The van der Waals surface area contributed by atoms with Crippen LogP contribution in [0.15, 0.2) is 24.3 Å². The summed E-state index contributed by atoms with van der Waals surface area (Å²) in [5.74, 6) is 0.793. The molecule has 74 valence electrons. The molecule has 3 heteroatoms. The number of hydrogen-bond donors (Lipinski definition) is 1. The molecule has 1 rings (SSSR count). The topological polar surface area (TPSA) is 59.0 Å². The highest BCUT2D eigenvalue weighted by molar-refractivity contribution is 5.31. The lowest BCUT2D eigenvalue weighted by molar-refractivity contribution is 0.413. The van der Waals surface area contributed by atoms with Crippen molar-refractivity contribution in [2.75, 3.05) is 7.11 Å². The van der Waals surface area contributed by atoms with E-state index in [1.165, 1.54) is 0 Å². The van der Waals surface area contributed by atoms with Crippen LogP contribution in [0.3, 0.4) is 0 Å². The van der Waals surface area contributed by atoms with Crippen molar-refractivity contribution in [2.45, 2.75) is 18.9 Å². The van der Waals surface area contributed by atoms with Gasteiger partial charge in [0.15, 0.2) is 0 Å². The van der Waals surface area contributed by atoms with Crippen molar-refractivity contribution in [1.29, 1.82) is 5.26 Å². The van der Waals surface area contributed by atoms with Gasteiger partial charge in [-0.25, -0.2) is 0 Å². The third-order valence-electron chi connectivity index (χ3n) is 2.20. The first-order valence-electron chi connectivity index (χ1n) is 4.40. The van der Waals surface area contributed by atoms with Crippen molar-refractivity contribution < 1.29 is 4.74 Å². The number of nitrogens with two attached hydrogens (primary N) is 1. The predicted molar refractivity (Wildman–Crippen MR) is 54.8 cm³/mol. The Balaban J connectivity index is 2.92. The van der Waals surface area contributed by atoms with Crippen LogP contribution in [0.1, 0.15) is 18.9 Å². The maximum Gasteiger partial charge on any atom is 0.118 e. The summed E-state index contributed by atoms with van der Waals surface area (Å²) in [5, 5.41) is 8.61. The van der Waals surface area contributed by atoms with Gasteiger partial charge in [-0.2, -0.15) is 5.26 Å². The smallest absolute Gasteiger partial charge is 0.118 e. The van der Waals surface area contributed by atoms with Gasteiger partial charge in [-0.3, -0.25) is 0 Å². The average Bonchev–Trinajstić information content (AvgIpc) is 2.18. The average molecular weight is 190 g/mol. The standard InChI is InChI=1S/C11H14N2O/c1-11(13,7-8-12)9-3-5-10(14-2)6-4-9/h3-6H,7,13H2,1-2H3/t11-/m1/s1. The molecule has 0 aliphatic rings. The fourth-order valence-corrected chi connectivity index (χ4v) is 1.24. The van der Waals surface area contributed by atoms with Gasteiger partial charge >= 0.3 is 0 Å². The fourth-order valence-electron chi connectivity index (χ4n) is 1.24. The van der Waals surface area contributed by atoms with E-state index in [0.717, 1.165) is 11.3 Å². The van der Waals surface area contributed by atoms with Gasteiger partial charge in [0.05, 0.1) is 25.1 Å². The summed E-state index contributed by atoms with van der Waals surface area (Å²) in [4.78, 5) is 0. The zero-order valence-corrected chi connectivity index (χ0v) is 8.45. The van der Waals surface area contributed by atoms with Gasteiger partial charge in [-0.1, -0.05) is 12.1 Å². The van der Waals surface area contributed by atoms with E-state index in [-0.39, 0.29) is 0 Å². The Hall–Kier alpha value is -1.53. The molecule has 0 radical (unpaired) electrons. The molecule has 0 spiro atoms. The molecule has 0 fully saturated rings. The highest BCUT2D eigenvalue weighted by Gasteiger charge is 2.20. The van der Waals surface area contributed by atoms with Crippen molar-refractivity contribution in [3.8, 4) is 11.8 Å². The summed E-state index contributed by atoms with van der Waals surface area (Å²) in [7, 11) is 1.62. The van der Waals surface area contributed by atoms with Gasteiger partial charge in [0.2, 0.25) is 0 Å². The first-order valence-corrected chi connectivity index (χ1v) is 4.40. The number of methoxy groups -OCH3 is 1. The Morgan fingerprint density at radius 3 is 2.43 bits per heavy atom. The first kappa shape index (κ1) is 10.6. The Labute approximate surface area is 84.1 Å². The second-order valence-electron chi connectivity index (χ2n) is 3.48. The highest BCUT2D eigenvalue weighted by Crippen LogP contribution is 2.23. The van der Waals surface area contributed by atoms with Gasteiger partial charge in [-0.05, 0) is 24.6 Å². The lowest BCUT2D eigenvalue weighted by Crippen LogP contribution is -2.32. The first-order chi connectivity index (χ1) is 6.60. The number of hydrogen-bond acceptors (Lipinski definition) is 3. The second kappa shape index (κ2) is 4.12. The third kappa shape index (κ3) is 2.24. The van der Waals surface area contributed by atoms with Crippen molar-refractivity contribution in [3.63, 3.8) is 0 Å². The monoisotopic (exact) mass is 190 g/mol. The van der Waals surface area contributed by atoms with E-state index in [1.54, 1.807) is 7.11 Å². The molecule has 0 amide bonds. The summed E-state index contributed by atoms with van der Waals surface area (Å²) in [6.07, 6.45) is 0.305. The van der Waals surface area contributed by atoms with Crippen LogP contribution in [0.25, 0.3) is 0 Å². The minimum atomic E-state index is -0.582. The zero-order valence-electron chi connectivity index (χ0n) is 8.45. The summed E-state index contributed by atoms with van der Waals surface area (Å²) in [6.45, 7) is 1.85. The second-order valence-corrected chi connectivity index (χ2v) is 3.48. The van der Waals surface area contributed by atoms with E-state index in [2.05, 4.69) is 6.07 Å². The normalized spacial score (nSPS) is 14.1. The third-order valence-corrected chi connectivity index (χ3v) is 2.20. The van der Waals surface area contributed by atoms with E-state index in [1.807, 2.05) is 31.2 Å². The van der Waals surface area contributed by atoms with Crippen LogP contribution < -0.4 is 10.5 Å². The van der Waals surface area contributed by atoms with Crippen molar-refractivity contribution in [1.82, 2.24) is 0 Å². The molecule has 0 aromatic heterocycles. The lowest BCUT2D eigenvalue weighted by atomic mass is 9.90. The summed E-state index contributed by atoms with van der Waals surface area (Å²) < 4.78 is 5.04. The van der Waals surface area contributed by atoms with Gasteiger partial charge in [0.1, 0.15) is 5.75 Å². The molecular weight excluding hydrogens is 176 g/mol. The Morgan fingerprint density at radius 1 is 1.43 bits per heavy atom. The molecular formula is C11H14N2O. The fraction of sp³-hybridized carbons (Fsp3) is 0.364. The number of rotatable bonds is 3.